The fraction of sp³-hybridized carbons (Fsp3) is 0.524. The summed E-state index contributed by atoms with van der Waals surface area (Å²) in [6.45, 7) is 5.70. The molecule has 7 heteroatoms. The standard InChI is InChI=1S/C21H29N5O2/c1-3-11-26-18(8-12-27-2)25-19-20(26)16-5-4-15(13-17(16)24-21(19)22)28-14-6-9-23-10-7-14/h4-5,13-14,23H,3,6-12H2,1-2H3,(H2,22,24). The molecule has 0 spiro atoms. The highest BCUT2D eigenvalue weighted by atomic mass is 16.5. The molecule has 1 aliphatic rings. The van der Waals surface area contributed by atoms with E-state index in [9.17, 15) is 0 Å². The van der Waals surface area contributed by atoms with Gasteiger partial charge in [-0.05, 0) is 44.5 Å². The zero-order valence-corrected chi connectivity index (χ0v) is 16.7. The van der Waals surface area contributed by atoms with Crippen molar-refractivity contribution in [3.05, 3.63) is 24.0 Å². The van der Waals surface area contributed by atoms with Crippen molar-refractivity contribution in [1.29, 1.82) is 0 Å². The van der Waals surface area contributed by atoms with Crippen molar-refractivity contribution in [1.82, 2.24) is 19.9 Å². The van der Waals surface area contributed by atoms with Crippen LogP contribution in [0, 0.1) is 0 Å². The predicted molar refractivity (Wildman–Crippen MR) is 112 cm³/mol. The summed E-state index contributed by atoms with van der Waals surface area (Å²) >= 11 is 0. The third-order valence-corrected chi connectivity index (χ3v) is 5.32. The molecule has 3 heterocycles. The van der Waals surface area contributed by atoms with Gasteiger partial charge in [0.2, 0.25) is 0 Å². The topological polar surface area (TPSA) is 87.2 Å². The van der Waals surface area contributed by atoms with Crippen LogP contribution in [0.25, 0.3) is 21.9 Å². The van der Waals surface area contributed by atoms with E-state index in [1.54, 1.807) is 7.11 Å². The minimum Gasteiger partial charge on any atom is -0.490 e. The summed E-state index contributed by atoms with van der Waals surface area (Å²) in [6.07, 6.45) is 4.08. The van der Waals surface area contributed by atoms with Crippen molar-refractivity contribution in [2.45, 2.75) is 45.3 Å². The van der Waals surface area contributed by atoms with Crippen LogP contribution in [0.2, 0.25) is 0 Å². The van der Waals surface area contributed by atoms with E-state index < -0.39 is 0 Å². The number of piperidine rings is 1. The van der Waals surface area contributed by atoms with Gasteiger partial charge in [-0.1, -0.05) is 6.92 Å². The Morgan fingerprint density at radius 3 is 2.82 bits per heavy atom. The van der Waals surface area contributed by atoms with Gasteiger partial charge in [-0.15, -0.1) is 0 Å². The van der Waals surface area contributed by atoms with E-state index in [1.165, 1.54) is 0 Å². The summed E-state index contributed by atoms with van der Waals surface area (Å²) < 4.78 is 13.7. The normalized spacial score (nSPS) is 15.5. The van der Waals surface area contributed by atoms with Crippen molar-refractivity contribution in [3.63, 3.8) is 0 Å². The van der Waals surface area contributed by atoms with Crippen molar-refractivity contribution < 1.29 is 9.47 Å². The molecule has 2 aromatic heterocycles. The van der Waals surface area contributed by atoms with Crippen LogP contribution in [-0.2, 0) is 17.7 Å². The van der Waals surface area contributed by atoms with Crippen molar-refractivity contribution >= 4 is 27.8 Å². The molecule has 4 rings (SSSR count). The van der Waals surface area contributed by atoms with E-state index in [1.807, 2.05) is 12.1 Å². The molecule has 150 valence electrons. The van der Waals surface area contributed by atoms with Crippen LogP contribution in [0.1, 0.15) is 32.0 Å². The molecule has 0 bridgehead atoms. The number of hydrogen-bond acceptors (Lipinski definition) is 6. The summed E-state index contributed by atoms with van der Waals surface area (Å²) in [4.78, 5) is 9.42. The number of aryl methyl sites for hydroxylation is 1. The molecule has 0 radical (unpaired) electrons. The van der Waals surface area contributed by atoms with Gasteiger partial charge < -0.3 is 25.1 Å². The fourth-order valence-corrected chi connectivity index (χ4v) is 3.97. The summed E-state index contributed by atoms with van der Waals surface area (Å²) in [5.74, 6) is 2.32. The van der Waals surface area contributed by atoms with E-state index in [0.29, 0.717) is 12.4 Å². The number of fused-ring (bicyclic) bond motifs is 3. The first-order valence-electron chi connectivity index (χ1n) is 10.2. The van der Waals surface area contributed by atoms with Crippen LogP contribution < -0.4 is 15.8 Å². The molecule has 0 aliphatic carbocycles. The largest absolute Gasteiger partial charge is 0.490 e. The van der Waals surface area contributed by atoms with Crippen LogP contribution in [0.15, 0.2) is 18.2 Å². The molecular weight excluding hydrogens is 354 g/mol. The monoisotopic (exact) mass is 383 g/mol. The zero-order valence-electron chi connectivity index (χ0n) is 16.7. The quantitative estimate of drug-likeness (QED) is 0.652. The van der Waals surface area contributed by atoms with Crippen LogP contribution in [0.4, 0.5) is 5.82 Å². The number of nitrogen functional groups attached to an aromatic ring is 1. The molecule has 28 heavy (non-hydrogen) atoms. The van der Waals surface area contributed by atoms with Crippen LogP contribution in [-0.4, -0.2) is 47.4 Å². The van der Waals surface area contributed by atoms with Gasteiger partial charge in [0, 0.05) is 31.5 Å². The molecule has 3 aromatic rings. The Morgan fingerprint density at radius 2 is 2.07 bits per heavy atom. The first kappa shape index (κ1) is 19.0. The Bertz CT molecular complexity index is 962. The number of aromatic nitrogens is 3. The smallest absolute Gasteiger partial charge is 0.152 e. The maximum atomic E-state index is 6.30. The lowest BCUT2D eigenvalue weighted by molar-refractivity contribution is 0.162. The summed E-state index contributed by atoms with van der Waals surface area (Å²) in [5, 5.41) is 4.43. The van der Waals surface area contributed by atoms with E-state index in [4.69, 9.17) is 20.2 Å². The molecule has 1 fully saturated rings. The molecule has 1 saturated heterocycles. The fourth-order valence-electron chi connectivity index (χ4n) is 3.97. The lowest BCUT2D eigenvalue weighted by atomic mass is 10.1. The van der Waals surface area contributed by atoms with Crippen LogP contribution in [0.5, 0.6) is 5.75 Å². The number of anilines is 1. The first-order valence-corrected chi connectivity index (χ1v) is 10.2. The minimum atomic E-state index is 0.256. The molecule has 7 nitrogen and oxygen atoms in total. The molecule has 0 atom stereocenters. The minimum absolute atomic E-state index is 0.256. The molecule has 0 saturated carbocycles. The van der Waals surface area contributed by atoms with E-state index in [0.717, 1.165) is 78.8 Å². The summed E-state index contributed by atoms with van der Waals surface area (Å²) in [7, 11) is 1.71. The Labute approximate surface area is 165 Å². The Morgan fingerprint density at radius 1 is 1.25 bits per heavy atom. The average Bonchev–Trinajstić information content (AvgIpc) is 3.07. The maximum Gasteiger partial charge on any atom is 0.152 e. The number of hydrogen-bond donors (Lipinski definition) is 2. The molecule has 0 amide bonds. The summed E-state index contributed by atoms with van der Waals surface area (Å²) in [5.41, 5.74) is 8.99. The van der Waals surface area contributed by atoms with Gasteiger partial charge in [-0.25, -0.2) is 9.97 Å². The van der Waals surface area contributed by atoms with Gasteiger partial charge >= 0.3 is 0 Å². The Hall–Kier alpha value is -2.38. The zero-order chi connectivity index (χ0) is 19.5. The first-order chi connectivity index (χ1) is 13.7. The lowest BCUT2D eigenvalue weighted by Gasteiger charge is -2.24. The van der Waals surface area contributed by atoms with Gasteiger partial charge in [-0.2, -0.15) is 0 Å². The number of ether oxygens (including phenoxy) is 2. The number of imidazole rings is 1. The number of nitrogens with two attached hydrogens (primary N) is 1. The van der Waals surface area contributed by atoms with Crippen molar-refractivity contribution in [2.24, 2.45) is 0 Å². The van der Waals surface area contributed by atoms with Crippen molar-refractivity contribution in [2.75, 3.05) is 32.5 Å². The van der Waals surface area contributed by atoms with Gasteiger partial charge in [-0.3, -0.25) is 0 Å². The lowest BCUT2D eigenvalue weighted by Crippen LogP contribution is -2.34. The Balaban J connectivity index is 1.77. The third-order valence-electron chi connectivity index (χ3n) is 5.32. The average molecular weight is 383 g/mol. The highest BCUT2D eigenvalue weighted by Gasteiger charge is 2.19. The van der Waals surface area contributed by atoms with Crippen LogP contribution >= 0.6 is 0 Å². The SMILES string of the molecule is CCCn1c(CCOC)nc2c(N)nc3cc(OC4CCNCC4)ccc3c21. The van der Waals surface area contributed by atoms with E-state index in [-0.39, 0.29) is 6.10 Å². The molecular formula is C21H29N5O2. The second-order valence-corrected chi connectivity index (χ2v) is 7.36. The number of nitrogens with one attached hydrogen (secondary N) is 1. The number of methoxy groups -OCH3 is 1. The second kappa shape index (κ2) is 8.32. The second-order valence-electron chi connectivity index (χ2n) is 7.36. The Kier molecular flexibility index (Phi) is 5.64. The highest BCUT2D eigenvalue weighted by Crippen LogP contribution is 2.32. The molecule has 0 unspecified atom stereocenters. The number of pyridine rings is 1. The van der Waals surface area contributed by atoms with Gasteiger partial charge in [0.1, 0.15) is 23.2 Å². The number of nitrogens with zero attached hydrogens (tertiary/aromatic N) is 3. The van der Waals surface area contributed by atoms with Gasteiger partial charge in [0.05, 0.1) is 17.6 Å². The number of rotatable bonds is 7. The number of benzene rings is 1. The third kappa shape index (κ3) is 3.64. The van der Waals surface area contributed by atoms with E-state index >= 15 is 0 Å². The molecule has 3 N–H and O–H groups in total. The molecule has 1 aliphatic heterocycles. The van der Waals surface area contributed by atoms with Gasteiger partial charge in [0.15, 0.2) is 5.82 Å². The van der Waals surface area contributed by atoms with Crippen LogP contribution in [0.3, 0.4) is 0 Å². The maximum absolute atomic E-state index is 6.30. The van der Waals surface area contributed by atoms with Gasteiger partial charge in [0.25, 0.3) is 0 Å². The highest BCUT2D eigenvalue weighted by molar-refractivity contribution is 6.06. The summed E-state index contributed by atoms with van der Waals surface area (Å²) in [6, 6.07) is 6.14. The van der Waals surface area contributed by atoms with E-state index in [2.05, 4.69) is 27.9 Å². The molecule has 1 aromatic carbocycles. The van der Waals surface area contributed by atoms with Crippen molar-refractivity contribution in [3.8, 4) is 5.75 Å². The predicted octanol–water partition coefficient (Wildman–Crippen LogP) is 2.90.